The number of hydrogen-bond donors (Lipinski definition) is 0. The maximum atomic E-state index is 8.43. The number of rotatable bonds is 3. The Balaban J connectivity index is 2.48. The summed E-state index contributed by atoms with van der Waals surface area (Å²) in [5.74, 6) is 0.230. The topological polar surface area (TPSA) is 57.7 Å². The Morgan fingerprint density at radius 1 is 1.67 bits per heavy atom. The third-order valence-electron chi connectivity index (χ3n) is 1.41. The van der Waals surface area contributed by atoms with Gasteiger partial charge in [-0.3, -0.25) is 4.68 Å². The van der Waals surface area contributed by atoms with Gasteiger partial charge in [0, 0.05) is 6.54 Å². The molecule has 1 rings (SSSR count). The summed E-state index contributed by atoms with van der Waals surface area (Å²) in [5, 5.41) is 12.3. The largest absolute Gasteiger partial charge is 0.308 e. The van der Waals surface area contributed by atoms with Crippen LogP contribution in [0.15, 0.2) is 6.33 Å². The minimum absolute atomic E-state index is 0.230. The van der Waals surface area contributed by atoms with Crippen LogP contribution in [0.25, 0.3) is 0 Å². The van der Waals surface area contributed by atoms with Crippen LogP contribution in [0.4, 0.5) is 0 Å². The lowest BCUT2D eigenvalue weighted by atomic mass is 10.6. The molecule has 0 radical (unpaired) electrons. The maximum absolute atomic E-state index is 8.43. The molecule has 0 fully saturated rings. The Hall–Kier alpha value is -1.41. The minimum atomic E-state index is 0.230. The Labute approximate surface area is 71.2 Å². The van der Waals surface area contributed by atoms with Gasteiger partial charge in [0.1, 0.15) is 12.4 Å². The fourth-order valence-electron chi connectivity index (χ4n) is 0.756. The second-order valence-electron chi connectivity index (χ2n) is 2.75. The summed E-state index contributed by atoms with van der Waals surface area (Å²) in [7, 11) is 3.98. The van der Waals surface area contributed by atoms with E-state index in [0.717, 1.165) is 13.1 Å². The van der Waals surface area contributed by atoms with E-state index in [-0.39, 0.29) is 5.82 Å². The first-order valence-electron chi connectivity index (χ1n) is 3.66. The first-order valence-corrected chi connectivity index (χ1v) is 3.66. The highest BCUT2D eigenvalue weighted by atomic mass is 15.3. The van der Waals surface area contributed by atoms with Crippen molar-refractivity contribution < 1.29 is 0 Å². The zero-order valence-corrected chi connectivity index (χ0v) is 7.23. The van der Waals surface area contributed by atoms with Crippen molar-refractivity contribution >= 4 is 0 Å². The lowest BCUT2D eigenvalue weighted by Gasteiger charge is -2.07. The van der Waals surface area contributed by atoms with Crippen molar-refractivity contribution in [3.05, 3.63) is 12.2 Å². The zero-order chi connectivity index (χ0) is 8.97. The van der Waals surface area contributed by atoms with Crippen LogP contribution >= 0.6 is 0 Å². The van der Waals surface area contributed by atoms with Crippen molar-refractivity contribution in [1.29, 1.82) is 5.26 Å². The number of nitrogens with zero attached hydrogens (tertiary/aromatic N) is 5. The van der Waals surface area contributed by atoms with E-state index in [1.165, 1.54) is 0 Å². The van der Waals surface area contributed by atoms with E-state index in [0.29, 0.717) is 0 Å². The van der Waals surface area contributed by atoms with Crippen molar-refractivity contribution in [1.82, 2.24) is 19.7 Å². The Bertz CT molecular complexity index is 282. The molecule has 64 valence electrons. The molecule has 5 nitrogen and oxygen atoms in total. The first-order chi connectivity index (χ1) is 5.72. The van der Waals surface area contributed by atoms with Crippen LogP contribution in [0, 0.1) is 11.3 Å². The second-order valence-corrected chi connectivity index (χ2v) is 2.75. The van der Waals surface area contributed by atoms with Gasteiger partial charge in [0.15, 0.2) is 0 Å². The van der Waals surface area contributed by atoms with Gasteiger partial charge in [0.25, 0.3) is 5.82 Å². The van der Waals surface area contributed by atoms with E-state index in [9.17, 15) is 0 Å². The van der Waals surface area contributed by atoms with E-state index in [1.54, 1.807) is 11.0 Å². The van der Waals surface area contributed by atoms with Gasteiger partial charge in [-0.15, -0.1) is 5.10 Å². The highest BCUT2D eigenvalue weighted by molar-refractivity contribution is 5.05. The van der Waals surface area contributed by atoms with Crippen molar-refractivity contribution in [3.8, 4) is 6.07 Å². The van der Waals surface area contributed by atoms with Crippen LogP contribution in [0.3, 0.4) is 0 Å². The third kappa shape index (κ3) is 2.32. The molecule has 0 aliphatic rings. The Morgan fingerprint density at radius 2 is 2.42 bits per heavy atom. The van der Waals surface area contributed by atoms with Crippen molar-refractivity contribution in [2.45, 2.75) is 6.54 Å². The molecule has 0 atom stereocenters. The summed E-state index contributed by atoms with van der Waals surface area (Å²) in [6.07, 6.45) is 1.57. The normalized spacial score (nSPS) is 10.2. The van der Waals surface area contributed by atoms with Gasteiger partial charge in [0.2, 0.25) is 0 Å². The molecule has 0 saturated carbocycles. The van der Waals surface area contributed by atoms with Crippen LogP contribution < -0.4 is 0 Å². The summed E-state index contributed by atoms with van der Waals surface area (Å²) in [4.78, 5) is 5.83. The number of likely N-dealkylation sites (N-methyl/N-ethyl adjacent to an activating group) is 1. The van der Waals surface area contributed by atoms with Gasteiger partial charge in [-0.2, -0.15) is 5.26 Å². The average molecular weight is 165 g/mol. The first kappa shape index (κ1) is 8.68. The number of hydrogen-bond acceptors (Lipinski definition) is 4. The monoisotopic (exact) mass is 165 g/mol. The van der Waals surface area contributed by atoms with E-state index in [4.69, 9.17) is 5.26 Å². The Morgan fingerprint density at radius 3 is 2.92 bits per heavy atom. The van der Waals surface area contributed by atoms with Gasteiger partial charge >= 0.3 is 0 Å². The SMILES string of the molecule is CN(C)CCn1cnc(C#N)n1. The zero-order valence-electron chi connectivity index (χ0n) is 7.23. The smallest absolute Gasteiger partial charge is 0.252 e. The summed E-state index contributed by atoms with van der Waals surface area (Å²) < 4.78 is 1.67. The highest BCUT2D eigenvalue weighted by Gasteiger charge is 1.98. The van der Waals surface area contributed by atoms with E-state index in [1.807, 2.05) is 25.1 Å². The molecule has 0 aliphatic carbocycles. The number of nitriles is 1. The minimum Gasteiger partial charge on any atom is -0.308 e. The molecule has 0 saturated heterocycles. The third-order valence-corrected chi connectivity index (χ3v) is 1.41. The van der Waals surface area contributed by atoms with Crippen LogP contribution in [-0.4, -0.2) is 40.3 Å². The van der Waals surface area contributed by atoms with Gasteiger partial charge in [-0.25, -0.2) is 4.98 Å². The molecule has 12 heavy (non-hydrogen) atoms. The van der Waals surface area contributed by atoms with Crippen LogP contribution in [0.2, 0.25) is 0 Å². The maximum Gasteiger partial charge on any atom is 0.252 e. The fraction of sp³-hybridized carbons (Fsp3) is 0.571. The molecule has 0 bridgehead atoms. The fourth-order valence-corrected chi connectivity index (χ4v) is 0.756. The standard InChI is InChI=1S/C7H11N5/c1-11(2)3-4-12-6-9-7(5-8)10-12/h6H,3-4H2,1-2H3. The molecular weight excluding hydrogens is 154 g/mol. The van der Waals surface area contributed by atoms with E-state index in [2.05, 4.69) is 10.1 Å². The molecule has 0 unspecified atom stereocenters. The summed E-state index contributed by atoms with van der Waals surface area (Å²) in [6, 6.07) is 1.88. The highest BCUT2D eigenvalue weighted by Crippen LogP contribution is 1.87. The molecule has 0 aromatic carbocycles. The molecule has 5 heteroatoms. The molecule has 0 aliphatic heterocycles. The predicted octanol–water partition coefficient (Wildman–Crippen LogP) is -0.289. The molecular formula is C7H11N5. The quantitative estimate of drug-likeness (QED) is 0.617. The lowest BCUT2D eigenvalue weighted by Crippen LogP contribution is -2.18. The van der Waals surface area contributed by atoms with Crippen molar-refractivity contribution in [3.63, 3.8) is 0 Å². The molecule has 0 N–H and O–H groups in total. The summed E-state index contributed by atoms with van der Waals surface area (Å²) in [5.41, 5.74) is 0. The van der Waals surface area contributed by atoms with Gasteiger partial charge in [-0.05, 0) is 14.1 Å². The molecule has 1 aromatic heterocycles. The van der Waals surface area contributed by atoms with Crippen molar-refractivity contribution in [2.24, 2.45) is 0 Å². The van der Waals surface area contributed by atoms with Crippen molar-refractivity contribution in [2.75, 3.05) is 20.6 Å². The summed E-state index contributed by atoms with van der Waals surface area (Å²) >= 11 is 0. The molecule has 1 heterocycles. The molecule has 1 aromatic rings. The molecule has 0 spiro atoms. The average Bonchev–Trinajstić information content (AvgIpc) is 2.48. The van der Waals surface area contributed by atoms with Gasteiger partial charge < -0.3 is 4.90 Å². The lowest BCUT2D eigenvalue weighted by molar-refractivity contribution is 0.373. The second kappa shape index (κ2) is 3.83. The van der Waals surface area contributed by atoms with Crippen LogP contribution in [0.5, 0.6) is 0 Å². The summed E-state index contributed by atoms with van der Waals surface area (Å²) in [6.45, 7) is 1.66. The predicted molar refractivity (Wildman–Crippen MR) is 43.3 cm³/mol. The van der Waals surface area contributed by atoms with Crippen LogP contribution in [-0.2, 0) is 6.54 Å². The van der Waals surface area contributed by atoms with Crippen LogP contribution in [0.1, 0.15) is 5.82 Å². The Kier molecular flexibility index (Phi) is 2.77. The van der Waals surface area contributed by atoms with E-state index >= 15 is 0 Å². The van der Waals surface area contributed by atoms with Gasteiger partial charge in [-0.1, -0.05) is 0 Å². The van der Waals surface area contributed by atoms with E-state index < -0.39 is 0 Å². The molecule has 0 amide bonds. The van der Waals surface area contributed by atoms with Gasteiger partial charge in [0.05, 0.1) is 6.54 Å². The number of aromatic nitrogens is 3.